The smallest absolute Gasteiger partial charge is 0.128 e. The van der Waals surface area contributed by atoms with Crippen molar-refractivity contribution in [1.29, 1.82) is 0 Å². The molecule has 6 aromatic carbocycles. The first-order valence-corrected chi connectivity index (χ1v) is 19.6. The quantitative estimate of drug-likeness (QED) is 0.156. The Balaban J connectivity index is 0.000000198. The van der Waals surface area contributed by atoms with Crippen LogP contribution in [-0.2, 0) is 32.9 Å². The molecule has 0 saturated heterocycles. The molecular formula is C55H50IrN2O-2. The predicted molar refractivity (Wildman–Crippen MR) is 244 cm³/mol. The van der Waals surface area contributed by atoms with Crippen LogP contribution >= 0.6 is 0 Å². The summed E-state index contributed by atoms with van der Waals surface area (Å²) in [5.74, 6) is 0. The number of benzene rings is 6. The van der Waals surface area contributed by atoms with Gasteiger partial charge in [-0.1, -0.05) is 174 Å². The van der Waals surface area contributed by atoms with E-state index in [9.17, 15) is 0 Å². The van der Waals surface area contributed by atoms with Crippen molar-refractivity contribution in [2.45, 2.75) is 61.1 Å². The first-order valence-electron chi connectivity index (χ1n) is 23.1. The summed E-state index contributed by atoms with van der Waals surface area (Å²) < 4.78 is 63.9. The standard InChI is InChI=1S/C32H26NO.C23H24N.Ir/c1-32(2,3)20-21-11-13-22(14-12-21)24-17-18-33-29(19-24)28-10-6-9-26-27-16-15-23-7-4-5-8-25(23)30(27)34-31(26)28;1-17-10-12-20(14-21(17)19-8-6-5-7-9-19)22-13-11-18(16-24-22)15-23(2,3)4;/h4-9,11-19H,20H2,1-3H3;5-11,13-14,16H,15H2,1-4H3;/q2*-1;/i20D2;1D3,15D2;. The molecule has 9 aromatic rings. The molecule has 0 atom stereocenters. The Morgan fingerprint density at radius 3 is 2.05 bits per heavy atom. The van der Waals surface area contributed by atoms with Gasteiger partial charge in [0.1, 0.15) is 5.58 Å². The van der Waals surface area contributed by atoms with Gasteiger partial charge in [-0.05, 0) is 74.2 Å². The molecule has 0 aliphatic heterocycles. The number of fused-ring (bicyclic) bond motifs is 5. The molecule has 0 unspecified atom stereocenters. The Kier molecular flexibility index (Phi) is 9.72. The minimum absolute atomic E-state index is 0. The summed E-state index contributed by atoms with van der Waals surface area (Å²) >= 11 is 0. The number of hydrogen-bond donors (Lipinski definition) is 0. The molecule has 297 valence electrons. The summed E-state index contributed by atoms with van der Waals surface area (Å²) in [5.41, 5.74) is 8.39. The van der Waals surface area contributed by atoms with E-state index >= 15 is 0 Å². The second-order valence-electron chi connectivity index (χ2n) is 16.6. The number of aromatic nitrogens is 2. The van der Waals surface area contributed by atoms with Crippen molar-refractivity contribution in [3.8, 4) is 44.8 Å². The van der Waals surface area contributed by atoms with Gasteiger partial charge in [0.15, 0.2) is 0 Å². The van der Waals surface area contributed by atoms with Gasteiger partial charge in [-0.2, -0.15) is 0 Å². The van der Waals surface area contributed by atoms with Crippen molar-refractivity contribution >= 4 is 32.7 Å². The van der Waals surface area contributed by atoms with Crippen LogP contribution in [0.4, 0.5) is 0 Å². The van der Waals surface area contributed by atoms with Crippen LogP contribution in [0.25, 0.3) is 77.5 Å². The number of aryl methyl sites for hydroxylation is 1. The monoisotopic (exact) mass is 954 g/mol. The predicted octanol–water partition coefficient (Wildman–Crippen LogP) is 15.0. The molecule has 1 radical (unpaired) electrons. The minimum Gasteiger partial charge on any atom is -0.500 e. The van der Waals surface area contributed by atoms with Gasteiger partial charge < -0.3 is 14.4 Å². The fraction of sp³-hybridized carbons (Fsp3) is 0.200. The second kappa shape index (κ2) is 17.3. The van der Waals surface area contributed by atoms with Crippen molar-refractivity contribution in [1.82, 2.24) is 9.97 Å². The number of furan rings is 1. The number of rotatable bonds is 6. The van der Waals surface area contributed by atoms with Crippen LogP contribution in [0.3, 0.4) is 0 Å². The van der Waals surface area contributed by atoms with Crippen LogP contribution in [0.1, 0.15) is 67.8 Å². The molecule has 0 bridgehead atoms. The molecule has 0 spiro atoms. The number of hydrogen-bond acceptors (Lipinski definition) is 3. The van der Waals surface area contributed by atoms with Crippen LogP contribution in [0.5, 0.6) is 0 Å². The van der Waals surface area contributed by atoms with E-state index in [4.69, 9.17) is 14.0 Å². The van der Waals surface area contributed by atoms with Gasteiger partial charge in [0.05, 0.1) is 5.58 Å². The first-order chi connectivity index (χ1) is 30.6. The molecule has 0 aliphatic carbocycles. The third kappa shape index (κ3) is 9.63. The van der Waals surface area contributed by atoms with Crippen LogP contribution in [-0.4, -0.2) is 9.97 Å². The van der Waals surface area contributed by atoms with E-state index in [2.05, 4.69) is 46.4 Å². The van der Waals surface area contributed by atoms with E-state index in [0.29, 0.717) is 27.9 Å². The fourth-order valence-electron chi connectivity index (χ4n) is 7.14. The molecule has 3 nitrogen and oxygen atoms in total. The van der Waals surface area contributed by atoms with Gasteiger partial charge >= 0.3 is 0 Å². The maximum Gasteiger partial charge on any atom is 0.128 e. The van der Waals surface area contributed by atoms with Crippen molar-refractivity contribution in [3.63, 3.8) is 0 Å². The molecule has 9 rings (SSSR count). The molecule has 0 amide bonds. The third-order valence-electron chi connectivity index (χ3n) is 9.67. The van der Waals surface area contributed by atoms with Gasteiger partial charge in [0.25, 0.3) is 0 Å². The summed E-state index contributed by atoms with van der Waals surface area (Å²) in [5, 5.41) is 4.37. The summed E-state index contributed by atoms with van der Waals surface area (Å²) in [6, 6.07) is 50.8. The summed E-state index contributed by atoms with van der Waals surface area (Å²) in [6.07, 6.45) is 0.402. The molecule has 0 fully saturated rings. The zero-order chi connectivity index (χ0) is 46.5. The molecule has 0 aliphatic rings. The van der Waals surface area contributed by atoms with Crippen LogP contribution < -0.4 is 0 Å². The SMILES string of the molecule is [2H]C([2H])([2H])c1c[c-]c(-c2ccc(C([2H])([2H])C(C)(C)C)cn2)cc1-c1ccccc1.[2H]C([2H])(c1ccc(-c2ccnc(-c3[c-]ccc4c3oc3c5ccccc5ccc43)c2)cc1)C(C)(C)C.[Ir]. The van der Waals surface area contributed by atoms with Gasteiger partial charge in [-0.15, -0.1) is 47.5 Å². The molecular weight excluding hydrogens is 897 g/mol. The molecule has 59 heavy (non-hydrogen) atoms. The molecule has 0 N–H and O–H groups in total. The number of pyridine rings is 2. The zero-order valence-electron chi connectivity index (χ0n) is 41.1. The van der Waals surface area contributed by atoms with E-state index < -0.39 is 30.4 Å². The maximum absolute atomic E-state index is 8.56. The Labute approximate surface area is 372 Å². The molecule has 3 aromatic heterocycles. The first kappa shape index (κ1) is 33.2. The molecule has 4 heteroatoms. The second-order valence-corrected chi connectivity index (χ2v) is 16.6. The van der Waals surface area contributed by atoms with E-state index in [1.165, 1.54) is 6.07 Å². The average Bonchev–Trinajstić information content (AvgIpc) is 3.68. The van der Waals surface area contributed by atoms with Crippen molar-refractivity contribution < 1.29 is 34.1 Å². The minimum atomic E-state index is -2.25. The summed E-state index contributed by atoms with van der Waals surface area (Å²) in [7, 11) is 0. The largest absolute Gasteiger partial charge is 0.500 e. The van der Waals surface area contributed by atoms with Gasteiger partial charge in [0.2, 0.25) is 0 Å². The molecule has 3 heterocycles. The van der Waals surface area contributed by atoms with Crippen molar-refractivity contribution in [2.24, 2.45) is 10.8 Å². The Bertz CT molecular complexity index is 3150. The summed E-state index contributed by atoms with van der Waals surface area (Å²) in [4.78, 5) is 9.10. The van der Waals surface area contributed by atoms with Crippen LogP contribution in [0, 0.1) is 29.8 Å². The zero-order valence-corrected chi connectivity index (χ0v) is 36.5. The normalized spacial score (nSPS) is 14.1. The maximum atomic E-state index is 8.56. The van der Waals surface area contributed by atoms with Crippen molar-refractivity contribution in [3.05, 3.63) is 181 Å². The Hall–Kier alpha value is -5.67. The Morgan fingerprint density at radius 1 is 0.610 bits per heavy atom. The van der Waals surface area contributed by atoms with Crippen LogP contribution in [0.15, 0.2) is 156 Å². The topological polar surface area (TPSA) is 38.9 Å². The molecule has 0 saturated carbocycles. The van der Waals surface area contributed by atoms with Gasteiger partial charge in [-0.25, -0.2) is 0 Å². The third-order valence-corrected chi connectivity index (χ3v) is 9.67. The van der Waals surface area contributed by atoms with E-state index in [-0.39, 0.29) is 25.7 Å². The van der Waals surface area contributed by atoms with Crippen LogP contribution in [0.2, 0.25) is 0 Å². The van der Waals surface area contributed by atoms with E-state index in [1.54, 1.807) is 30.6 Å². The fourth-order valence-corrected chi connectivity index (χ4v) is 7.14. The van der Waals surface area contributed by atoms with Gasteiger partial charge in [0, 0.05) is 52.9 Å². The van der Waals surface area contributed by atoms with Crippen molar-refractivity contribution in [2.75, 3.05) is 0 Å². The van der Waals surface area contributed by atoms with E-state index in [1.807, 2.05) is 133 Å². The summed E-state index contributed by atoms with van der Waals surface area (Å²) in [6.45, 7) is 9.09. The number of nitrogens with zero attached hydrogens (tertiary/aromatic N) is 2. The Morgan fingerprint density at radius 2 is 1.32 bits per heavy atom. The van der Waals surface area contributed by atoms with E-state index in [0.717, 1.165) is 60.7 Å². The average molecular weight is 954 g/mol. The van der Waals surface area contributed by atoms with Gasteiger partial charge in [-0.3, -0.25) is 0 Å².